The molecule has 0 bridgehead atoms. The van der Waals surface area contributed by atoms with E-state index in [1.165, 1.54) is 6.42 Å². The minimum absolute atomic E-state index is 0.301. The van der Waals surface area contributed by atoms with Gasteiger partial charge in [-0.25, -0.2) is 9.97 Å². The maximum atomic E-state index is 5.88. The zero-order valence-corrected chi connectivity index (χ0v) is 12.3. The molecule has 1 aromatic heterocycles. The lowest BCUT2D eigenvalue weighted by Gasteiger charge is -2.25. The molecule has 0 aliphatic carbocycles. The van der Waals surface area contributed by atoms with Gasteiger partial charge in [0.2, 0.25) is 0 Å². The largest absolute Gasteiger partial charge is 0.384 e. The normalized spacial score (nSPS) is 12.8. The van der Waals surface area contributed by atoms with Crippen molar-refractivity contribution in [2.24, 2.45) is 5.92 Å². The molecule has 4 heteroatoms. The summed E-state index contributed by atoms with van der Waals surface area (Å²) in [5, 5.41) is 0. The summed E-state index contributed by atoms with van der Waals surface area (Å²) in [4.78, 5) is 11.2. The van der Waals surface area contributed by atoms with Crippen molar-refractivity contribution >= 4 is 11.6 Å². The number of anilines is 2. The molecule has 0 amide bonds. The summed E-state index contributed by atoms with van der Waals surface area (Å²) in [6.45, 7) is 12.8. The van der Waals surface area contributed by atoms with Crippen LogP contribution < -0.4 is 10.6 Å². The molecule has 1 atom stereocenters. The quantitative estimate of drug-likeness (QED) is 0.843. The Morgan fingerprint density at radius 1 is 1.22 bits per heavy atom. The number of nitrogen functional groups attached to an aromatic ring is 1. The van der Waals surface area contributed by atoms with Gasteiger partial charge >= 0.3 is 0 Å². The molecule has 4 nitrogen and oxygen atoms in total. The van der Waals surface area contributed by atoms with E-state index < -0.39 is 0 Å². The van der Waals surface area contributed by atoms with Crippen LogP contribution in [0.1, 0.15) is 52.8 Å². The van der Waals surface area contributed by atoms with Crippen molar-refractivity contribution in [1.82, 2.24) is 9.97 Å². The van der Waals surface area contributed by atoms with Gasteiger partial charge in [0, 0.05) is 25.1 Å². The molecule has 0 saturated carbocycles. The molecule has 2 N–H and O–H groups in total. The smallest absolute Gasteiger partial charge is 0.135 e. The van der Waals surface area contributed by atoms with Crippen LogP contribution in [0.5, 0.6) is 0 Å². The highest BCUT2D eigenvalue weighted by Crippen LogP contribution is 2.19. The van der Waals surface area contributed by atoms with Crippen molar-refractivity contribution in [3.63, 3.8) is 0 Å². The summed E-state index contributed by atoms with van der Waals surface area (Å²) >= 11 is 0. The van der Waals surface area contributed by atoms with Gasteiger partial charge in [-0.1, -0.05) is 34.1 Å². The first-order chi connectivity index (χ1) is 8.47. The maximum Gasteiger partial charge on any atom is 0.135 e. The number of hydrogen-bond donors (Lipinski definition) is 1. The van der Waals surface area contributed by atoms with Gasteiger partial charge in [0.25, 0.3) is 0 Å². The Hall–Kier alpha value is -1.32. The second kappa shape index (κ2) is 6.57. The van der Waals surface area contributed by atoms with E-state index in [2.05, 4.69) is 49.5 Å². The number of rotatable bonds is 6. The lowest BCUT2D eigenvalue weighted by atomic mass is 10.1. The minimum atomic E-state index is 0.301. The minimum Gasteiger partial charge on any atom is -0.384 e. The van der Waals surface area contributed by atoms with Crippen molar-refractivity contribution in [2.75, 3.05) is 23.7 Å². The molecular weight excluding hydrogens is 224 g/mol. The SMILES string of the molecule is CCC(C)CN(CC)c1cc(N)nc(C(C)C)n1. The number of aromatic nitrogens is 2. The third-order valence-corrected chi connectivity index (χ3v) is 3.20. The average molecular weight is 250 g/mol. The van der Waals surface area contributed by atoms with Crippen molar-refractivity contribution in [2.45, 2.75) is 47.0 Å². The van der Waals surface area contributed by atoms with E-state index in [1.54, 1.807) is 0 Å². The molecule has 0 fully saturated rings. The highest BCUT2D eigenvalue weighted by molar-refractivity contribution is 5.47. The zero-order chi connectivity index (χ0) is 13.7. The average Bonchev–Trinajstić information content (AvgIpc) is 2.34. The Kier molecular flexibility index (Phi) is 5.38. The van der Waals surface area contributed by atoms with E-state index in [-0.39, 0.29) is 0 Å². The third-order valence-electron chi connectivity index (χ3n) is 3.20. The van der Waals surface area contributed by atoms with Crippen molar-refractivity contribution in [3.8, 4) is 0 Å². The van der Waals surface area contributed by atoms with Gasteiger partial charge in [-0.15, -0.1) is 0 Å². The fourth-order valence-electron chi connectivity index (χ4n) is 1.78. The fourth-order valence-corrected chi connectivity index (χ4v) is 1.78. The molecule has 1 rings (SSSR count). The van der Waals surface area contributed by atoms with Crippen LogP contribution in [0.15, 0.2) is 6.07 Å². The van der Waals surface area contributed by atoms with Gasteiger partial charge in [-0.05, 0) is 12.8 Å². The molecular formula is C14H26N4. The predicted octanol–water partition coefficient (Wildman–Crippen LogP) is 3.05. The van der Waals surface area contributed by atoms with E-state index in [0.29, 0.717) is 17.7 Å². The van der Waals surface area contributed by atoms with Crippen LogP contribution >= 0.6 is 0 Å². The summed E-state index contributed by atoms with van der Waals surface area (Å²) < 4.78 is 0. The van der Waals surface area contributed by atoms with E-state index in [4.69, 9.17) is 5.73 Å². The third kappa shape index (κ3) is 3.86. The molecule has 0 radical (unpaired) electrons. The molecule has 0 aliphatic rings. The Balaban J connectivity index is 2.98. The second-order valence-electron chi connectivity index (χ2n) is 5.22. The Morgan fingerprint density at radius 2 is 1.89 bits per heavy atom. The lowest BCUT2D eigenvalue weighted by Crippen LogP contribution is -2.29. The molecule has 0 spiro atoms. The first kappa shape index (κ1) is 14.7. The highest BCUT2D eigenvalue weighted by Gasteiger charge is 2.13. The van der Waals surface area contributed by atoms with E-state index in [9.17, 15) is 0 Å². The van der Waals surface area contributed by atoms with Gasteiger partial charge in [0.05, 0.1) is 0 Å². The van der Waals surface area contributed by atoms with E-state index in [1.807, 2.05) is 6.07 Å². The number of nitrogens with zero attached hydrogens (tertiary/aromatic N) is 3. The van der Waals surface area contributed by atoms with Crippen molar-refractivity contribution < 1.29 is 0 Å². The second-order valence-corrected chi connectivity index (χ2v) is 5.22. The topological polar surface area (TPSA) is 55.0 Å². The first-order valence-electron chi connectivity index (χ1n) is 6.87. The highest BCUT2D eigenvalue weighted by atomic mass is 15.2. The van der Waals surface area contributed by atoms with Crippen LogP contribution in [-0.2, 0) is 0 Å². The monoisotopic (exact) mass is 250 g/mol. The van der Waals surface area contributed by atoms with Gasteiger partial charge in [0.1, 0.15) is 17.5 Å². The fraction of sp³-hybridized carbons (Fsp3) is 0.714. The van der Waals surface area contributed by atoms with Crippen molar-refractivity contribution in [1.29, 1.82) is 0 Å². The van der Waals surface area contributed by atoms with E-state index >= 15 is 0 Å². The number of nitrogens with two attached hydrogens (primary N) is 1. The molecule has 0 saturated heterocycles. The van der Waals surface area contributed by atoms with Crippen LogP contribution in [0.2, 0.25) is 0 Å². The Bertz CT molecular complexity index is 376. The summed E-state index contributed by atoms with van der Waals surface area (Å²) in [5.41, 5.74) is 5.88. The number of hydrogen-bond acceptors (Lipinski definition) is 4. The van der Waals surface area contributed by atoms with Gasteiger partial charge < -0.3 is 10.6 Å². The van der Waals surface area contributed by atoms with Gasteiger partial charge in [-0.3, -0.25) is 0 Å². The summed E-state index contributed by atoms with van der Waals surface area (Å²) in [6, 6.07) is 1.87. The van der Waals surface area contributed by atoms with Crippen LogP contribution in [0.3, 0.4) is 0 Å². The van der Waals surface area contributed by atoms with Crippen LogP contribution in [0, 0.1) is 5.92 Å². The predicted molar refractivity (Wildman–Crippen MR) is 77.9 cm³/mol. The summed E-state index contributed by atoms with van der Waals surface area (Å²) in [7, 11) is 0. The van der Waals surface area contributed by atoms with E-state index in [0.717, 1.165) is 24.7 Å². The first-order valence-corrected chi connectivity index (χ1v) is 6.87. The molecule has 18 heavy (non-hydrogen) atoms. The maximum absolute atomic E-state index is 5.88. The summed E-state index contributed by atoms with van der Waals surface area (Å²) in [6.07, 6.45) is 1.17. The molecule has 102 valence electrons. The van der Waals surface area contributed by atoms with Crippen LogP contribution in [-0.4, -0.2) is 23.1 Å². The molecule has 0 aromatic carbocycles. The lowest BCUT2D eigenvalue weighted by molar-refractivity contribution is 0.544. The summed E-state index contributed by atoms with van der Waals surface area (Å²) in [5.74, 6) is 3.30. The Labute approximate surface area is 111 Å². The molecule has 1 heterocycles. The van der Waals surface area contributed by atoms with Gasteiger partial charge in [-0.2, -0.15) is 0 Å². The van der Waals surface area contributed by atoms with Gasteiger partial charge in [0.15, 0.2) is 0 Å². The molecule has 0 aliphatic heterocycles. The molecule has 1 unspecified atom stereocenters. The van der Waals surface area contributed by atoms with Crippen LogP contribution in [0.4, 0.5) is 11.6 Å². The van der Waals surface area contributed by atoms with Crippen molar-refractivity contribution in [3.05, 3.63) is 11.9 Å². The molecule has 1 aromatic rings. The Morgan fingerprint density at radius 3 is 2.39 bits per heavy atom. The zero-order valence-electron chi connectivity index (χ0n) is 12.3. The van der Waals surface area contributed by atoms with Crippen LogP contribution in [0.25, 0.3) is 0 Å². The standard InChI is InChI=1S/C14H26N4/c1-6-11(5)9-18(7-2)13-8-12(15)16-14(17-13)10(3)4/h8,10-11H,6-7,9H2,1-5H3,(H2,15,16,17).